The van der Waals surface area contributed by atoms with Crippen LogP contribution >= 0.6 is 39.1 Å². The molecule has 3 atom stereocenters. The molecule has 9 nitrogen and oxygen atoms in total. The first kappa shape index (κ1) is 30.1. The fourth-order valence-electron chi connectivity index (χ4n) is 4.42. The standard InChI is InChI=1S/C30H26BrCl2N3O6/c31-28-21(19-5-2-1-3-6-19)7-4-10-30(28,33)17-41-27-13-26(20(12-22(27)32)14-34-25(15-37)29(38)39)40-16-18-8-9-23-24(11-18)36-42-35-23/h1-13,25,28,34,37H,14-17H2,(H,38,39). The first-order valence-electron chi connectivity index (χ1n) is 12.9. The van der Waals surface area contributed by atoms with Crippen molar-refractivity contribution in [3.05, 3.63) is 101 Å². The van der Waals surface area contributed by atoms with E-state index in [2.05, 4.69) is 31.6 Å². The summed E-state index contributed by atoms with van der Waals surface area (Å²) in [7, 11) is 0. The van der Waals surface area contributed by atoms with E-state index in [9.17, 15) is 15.0 Å². The number of carbonyl (C=O) groups is 1. The highest BCUT2D eigenvalue weighted by Crippen LogP contribution is 2.42. The van der Waals surface area contributed by atoms with E-state index >= 15 is 0 Å². The van der Waals surface area contributed by atoms with E-state index < -0.39 is 23.5 Å². The number of nitrogens with one attached hydrogen (secondary N) is 1. The summed E-state index contributed by atoms with van der Waals surface area (Å²) in [6.45, 7) is -0.264. The minimum atomic E-state index is -1.18. The highest BCUT2D eigenvalue weighted by Gasteiger charge is 2.38. The number of carboxylic acid groups (broad SMARTS) is 1. The Morgan fingerprint density at radius 2 is 1.88 bits per heavy atom. The molecule has 1 heterocycles. The monoisotopic (exact) mass is 673 g/mol. The predicted molar refractivity (Wildman–Crippen MR) is 163 cm³/mol. The van der Waals surface area contributed by atoms with Crippen molar-refractivity contribution >= 4 is 61.7 Å². The molecule has 0 amide bonds. The van der Waals surface area contributed by atoms with Gasteiger partial charge in [-0.1, -0.05) is 82.2 Å². The van der Waals surface area contributed by atoms with E-state index in [1.807, 2.05) is 54.6 Å². The Labute approximate surface area is 259 Å². The largest absolute Gasteiger partial charge is 0.490 e. The van der Waals surface area contributed by atoms with Crippen LogP contribution in [0.25, 0.3) is 16.6 Å². The number of ether oxygens (including phenoxy) is 2. The van der Waals surface area contributed by atoms with Crippen molar-refractivity contribution in [2.75, 3.05) is 13.2 Å². The summed E-state index contributed by atoms with van der Waals surface area (Å²) in [5, 5.41) is 29.5. The Bertz CT molecular complexity index is 1630. The van der Waals surface area contributed by atoms with Crippen LogP contribution in [0.15, 0.2) is 83.5 Å². The molecule has 4 aromatic rings. The van der Waals surface area contributed by atoms with Gasteiger partial charge in [-0.3, -0.25) is 10.1 Å². The Kier molecular flexibility index (Phi) is 9.50. The highest BCUT2D eigenvalue weighted by molar-refractivity contribution is 9.09. The average molecular weight is 675 g/mol. The molecule has 0 spiro atoms. The van der Waals surface area contributed by atoms with Crippen molar-refractivity contribution in [1.82, 2.24) is 15.6 Å². The number of aromatic nitrogens is 2. The first-order valence-corrected chi connectivity index (χ1v) is 14.6. The van der Waals surface area contributed by atoms with Crippen molar-refractivity contribution in [2.45, 2.75) is 28.9 Å². The van der Waals surface area contributed by atoms with Crippen LogP contribution in [-0.2, 0) is 17.9 Å². The van der Waals surface area contributed by atoms with Gasteiger partial charge in [0.2, 0.25) is 0 Å². The van der Waals surface area contributed by atoms with Crippen LogP contribution < -0.4 is 14.8 Å². The van der Waals surface area contributed by atoms with E-state index in [4.69, 9.17) is 37.3 Å². The molecule has 12 heteroatoms. The summed E-state index contributed by atoms with van der Waals surface area (Å²) < 4.78 is 17.1. The topological polar surface area (TPSA) is 127 Å². The molecular weight excluding hydrogens is 649 g/mol. The van der Waals surface area contributed by atoms with Gasteiger partial charge in [0.05, 0.1) is 16.5 Å². The Balaban J connectivity index is 1.36. The molecule has 1 aliphatic carbocycles. The second-order valence-corrected chi connectivity index (χ2v) is 11.7. The smallest absolute Gasteiger partial charge is 0.323 e. The van der Waals surface area contributed by atoms with Gasteiger partial charge in [0.1, 0.15) is 46.7 Å². The number of allylic oxidation sites excluding steroid dienone is 3. The lowest BCUT2D eigenvalue weighted by Crippen LogP contribution is -2.39. The van der Waals surface area contributed by atoms with Crippen molar-refractivity contribution in [3.63, 3.8) is 0 Å². The zero-order chi connectivity index (χ0) is 29.7. The van der Waals surface area contributed by atoms with Crippen molar-refractivity contribution in [2.24, 2.45) is 0 Å². The van der Waals surface area contributed by atoms with Gasteiger partial charge >= 0.3 is 5.97 Å². The molecule has 1 aliphatic rings. The maximum atomic E-state index is 11.4. The minimum absolute atomic E-state index is 0.0655. The molecule has 3 aromatic carbocycles. The molecule has 0 radical (unpaired) electrons. The van der Waals surface area contributed by atoms with Crippen LogP contribution in [0.3, 0.4) is 0 Å². The van der Waals surface area contributed by atoms with Crippen LogP contribution in [0.4, 0.5) is 0 Å². The number of aliphatic hydroxyl groups excluding tert-OH is 1. The van der Waals surface area contributed by atoms with Crippen molar-refractivity contribution < 1.29 is 29.1 Å². The molecule has 0 saturated carbocycles. The van der Waals surface area contributed by atoms with E-state index in [0.717, 1.165) is 16.7 Å². The molecule has 218 valence electrons. The van der Waals surface area contributed by atoms with E-state index in [1.165, 1.54) is 0 Å². The third-order valence-corrected chi connectivity index (χ3v) is 9.07. The van der Waals surface area contributed by atoms with Gasteiger partial charge in [-0.15, -0.1) is 11.6 Å². The molecule has 0 fully saturated rings. The summed E-state index contributed by atoms with van der Waals surface area (Å²) in [5.41, 5.74) is 4.65. The summed E-state index contributed by atoms with van der Waals surface area (Å²) in [6.07, 6.45) is 5.79. The van der Waals surface area contributed by atoms with Gasteiger partial charge in [0.15, 0.2) is 0 Å². The van der Waals surface area contributed by atoms with Crippen LogP contribution in [0.2, 0.25) is 5.02 Å². The number of benzene rings is 3. The van der Waals surface area contributed by atoms with Crippen LogP contribution in [-0.4, -0.2) is 55.5 Å². The summed E-state index contributed by atoms with van der Waals surface area (Å²) >= 11 is 17.5. The summed E-state index contributed by atoms with van der Waals surface area (Å²) in [5.74, 6) is -0.431. The zero-order valence-corrected chi connectivity index (χ0v) is 25.1. The average Bonchev–Trinajstić information content (AvgIpc) is 3.46. The van der Waals surface area contributed by atoms with Crippen LogP contribution in [0.5, 0.6) is 11.5 Å². The number of aliphatic hydroxyl groups is 1. The molecule has 3 N–H and O–H groups in total. The molecule has 3 unspecified atom stereocenters. The lowest BCUT2D eigenvalue weighted by Gasteiger charge is -2.33. The molecule has 5 rings (SSSR count). The van der Waals surface area contributed by atoms with E-state index in [0.29, 0.717) is 28.1 Å². The van der Waals surface area contributed by atoms with Crippen molar-refractivity contribution in [1.29, 1.82) is 0 Å². The zero-order valence-electron chi connectivity index (χ0n) is 22.0. The lowest BCUT2D eigenvalue weighted by molar-refractivity contribution is -0.140. The van der Waals surface area contributed by atoms with Gasteiger partial charge in [0, 0.05) is 18.2 Å². The Morgan fingerprint density at radius 3 is 2.64 bits per heavy atom. The third kappa shape index (κ3) is 6.79. The molecule has 0 saturated heterocycles. The number of nitrogens with zero attached hydrogens (tertiary/aromatic N) is 2. The van der Waals surface area contributed by atoms with Crippen molar-refractivity contribution in [3.8, 4) is 11.5 Å². The van der Waals surface area contributed by atoms with Gasteiger partial charge in [-0.2, -0.15) is 0 Å². The van der Waals surface area contributed by atoms with Gasteiger partial charge in [0.25, 0.3) is 0 Å². The second kappa shape index (κ2) is 13.3. The summed E-state index contributed by atoms with van der Waals surface area (Å²) in [4.78, 5) is 10.3. The number of aliphatic carboxylic acids is 1. The molecule has 0 aliphatic heterocycles. The lowest BCUT2D eigenvalue weighted by atomic mass is 9.89. The van der Waals surface area contributed by atoms with E-state index in [1.54, 1.807) is 24.3 Å². The Hall–Kier alpha value is -3.41. The number of alkyl halides is 2. The fourth-order valence-corrected chi connectivity index (χ4v) is 5.61. The van der Waals surface area contributed by atoms with Crippen LogP contribution in [0.1, 0.15) is 16.7 Å². The van der Waals surface area contributed by atoms with Gasteiger partial charge in [-0.05, 0) is 45.2 Å². The maximum absolute atomic E-state index is 11.4. The number of rotatable bonds is 12. The quantitative estimate of drug-likeness (QED) is 0.161. The molecular formula is C30H26BrCl2N3O6. The number of fused-ring (bicyclic) bond motifs is 1. The number of carboxylic acids is 1. The number of hydrogen-bond acceptors (Lipinski definition) is 8. The van der Waals surface area contributed by atoms with Gasteiger partial charge in [-0.25, -0.2) is 4.63 Å². The normalized spacial score (nSPS) is 19.0. The molecule has 0 bridgehead atoms. The maximum Gasteiger partial charge on any atom is 0.323 e. The number of hydrogen-bond donors (Lipinski definition) is 3. The SMILES string of the molecule is O=C(O)C(CO)NCc1cc(Cl)c(OCC2(Cl)C=CC=C(c3ccccc3)C2Br)cc1OCc1ccc2nonc2c1. The van der Waals surface area contributed by atoms with E-state index in [-0.39, 0.29) is 29.6 Å². The van der Waals surface area contributed by atoms with Crippen LogP contribution in [0, 0.1) is 0 Å². The Morgan fingerprint density at radius 1 is 1.10 bits per heavy atom. The predicted octanol–water partition coefficient (Wildman–Crippen LogP) is 5.76. The van der Waals surface area contributed by atoms with Gasteiger partial charge < -0.3 is 19.7 Å². The first-order chi connectivity index (χ1) is 20.3. The number of halogens is 3. The summed E-state index contributed by atoms with van der Waals surface area (Å²) in [6, 6.07) is 17.5. The fraction of sp³-hybridized carbons (Fsp3) is 0.233. The molecule has 42 heavy (non-hydrogen) atoms. The molecule has 1 aromatic heterocycles. The highest BCUT2D eigenvalue weighted by atomic mass is 79.9. The minimum Gasteiger partial charge on any atom is -0.490 e. The second-order valence-electron chi connectivity index (χ2n) is 9.65. The third-order valence-electron chi connectivity index (χ3n) is 6.75.